The van der Waals surface area contributed by atoms with Crippen molar-refractivity contribution in [3.63, 3.8) is 0 Å². The van der Waals surface area contributed by atoms with Crippen LogP contribution in [0.5, 0.6) is 0 Å². The number of carbonyl (C=O) groups excluding carboxylic acids is 3. The van der Waals surface area contributed by atoms with Crippen molar-refractivity contribution in [2.75, 3.05) is 53.7 Å². The number of methoxy groups -OCH3 is 2. The molecule has 0 aliphatic heterocycles. The molecule has 0 spiro atoms. The number of thiazole rings is 1. The molecule has 1 amide bonds. The van der Waals surface area contributed by atoms with E-state index in [0.29, 0.717) is 15.8 Å². The molecule has 0 saturated heterocycles. The third-order valence-electron chi connectivity index (χ3n) is 5.81. The van der Waals surface area contributed by atoms with E-state index in [0.717, 1.165) is 11.3 Å². The first-order valence-electron chi connectivity index (χ1n) is 12.8. The van der Waals surface area contributed by atoms with Crippen molar-refractivity contribution in [3.8, 4) is 0 Å². The highest BCUT2D eigenvalue weighted by Crippen LogP contribution is 2.21. The number of amides is 1. The van der Waals surface area contributed by atoms with Crippen LogP contribution in [0.4, 0.5) is 0 Å². The Morgan fingerprint density at radius 2 is 1.51 bits per heavy atom. The van der Waals surface area contributed by atoms with Crippen LogP contribution in [0.15, 0.2) is 52.4 Å². The highest BCUT2D eigenvalue weighted by Gasteiger charge is 2.24. The summed E-state index contributed by atoms with van der Waals surface area (Å²) in [5.74, 6) is -1.65. The van der Waals surface area contributed by atoms with E-state index in [-0.39, 0.29) is 61.3 Å². The van der Waals surface area contributed by atoms with Crippen molar-refractivity contribution in [3.05, 3.63) is 58.4 Å². The first-order valence-corrected chi connectivity index (χ1v) is 15.0. The molecular weight excluding hydrogens is 574 g/mol. The molecule has 0 radical (unpaired) electrons. The summed E-state index contributed by atoms with van der Waals surface area (Å²) in [6.07, 6.45) is 0. The summed E-state index contributed by atoms with van der Waals surface area (Å²) in [7, 11) is -0.898. The van der Waals surface area contributed by atoms with Gasteiger partial charge in [-0.25, -0.2) is 13.2 Å². The Labute approximate surface area is 242 Å². The number of benzene rings is 2. The minimum absolute atomic E-state index is 0.00647. The quantitative estimate of drug-likeness (QED) is 0.253. The third-order valence-corrected chi connectivity index (χ3v) is 8.77. The lowest BCUT2D eigenvalue weighted by atomic mass is 10.2. The number of nitrogens with zero attached hydrogens (tertiary/aromatic N) is 3. The summed E-state index contributed by atoms with van der Waals surface area (Å²) >= 11 is 1.12. The minimum Gasteiger partial charge on any atom is -0.465 e. The zero-order valence-corrected chi connectivity index (χ0v) is 25.0. The second-order valence-electron chi connectivity index (χ2n) is 8.51. The lowest BCUT2D eigenvalue weighted by Crippen LogP contribution is -2.36. The van der Waals surface area contributed by atoms with E-state index in [1.807, 2.05) is 0 Å². The van der Waals surface area contributed by atoms with Gasteiger partial charge in [-0.05, 0) is 56.3 Å². The van der Waals surface area contributed by atoms with Gasteiger partial charge in [-0.15, -0.1) is 0 Å². The van der Waals surface area contributed by atoms with Crippen LogP contribution >= 0.6 is 11.3 Å². The molecule has 3 rings (SSSR count). The molecule has 0 unspecified atom stereocenters. The molecule has 0 aliphatic rings. The monoisotopic (exact) mass is 607 g/mol. The number of hydrogen-bond acceptors (Lipinski definition) is 10. The standard InChI is InChI=1S/C27H33N3O9S2/c1-5-38-24(31)18-30-22-12-9-20(26(33)39-6-2)17-23(22)40-27(30)28-25(32)19-7-10-21(11-8-19)41(34,35)29(13-15-36-3)14-16-37-4/h7-12,17H,5-6,13-16,18H2,1-4H3. The zero-order chi connectivity index (χ0) is 30.0. The number of aromatic nitrogens is 1. The molecule has 0 bridgehead atoms. The van der Waals surface area contributed by atoms with Crippen molar-refractivity contribution in [2.24, 2.45) is 4.99 Å². The Bertz CT molecular complexity index is 1540. The summed E-state index contributed by atoms with van der Waals surface area (Å²) in [5, 5.41) is 0. The van der Waals surface area contributed by atoms with E-state index in [2.05, 4.69) is 4.99 Å². The van der Waals surface area contributed by atoms with Gasteiger partial charge in [-0.2, -0.15) is 9.30 Å². The molecule has 1 aromatic heterocycles. The van der Waals surface area contributed by atoms with E-state index in [1.54, 1.807) is 32.0 Å². The average molecular weight is 608 g/mol. The van der Waals surface area contributed by atoms with Crippen molar-refractivity contribution >= 4 is 49.4 Å². The second kappa shape index (κ2) is 15.0. The first-order chi connectivity index (χ1) is 19.7. The molecule has 0 saturated carbocycles. The number of sulfonamides is 1. The van der Waals surface area contributed by atoms with Crippen LogP contribution in [-0.2, 0) is 40.3 Å². The highest BCUT2D eigenvalue weighted by molar-refractivity contribution is 7.89. The molecule has 3 aromatic rings. The predicted molar refractivity (Wildman–Crippen MR) is 151 cm³/mol. The zero-order valence-electron chi connectivity index (χ0n) is 23.3. The predicted octanol–water partition coefficient (Wildman–Crippen LogP) is 2.47. The molecule has 1 heterocycles. The molecule has 2 aromatic carbocycles. The lowest BCUT2D eigenvalue weighted by molar-refractivity contribution is -0.143. The van der Waals surface area contributed by atoms with Crippen molar-refractivity contribution < 1.29 is 41.7 Å². The number of hydrogen-bond donors (Lipinski definition) is 0. The highest BCUT2D eigenvalue weighted by atomic mass is 32.2. The maximum absolute atomic E-state index is 13.2. The molecule has 0 atom stereocenters. The fourth-order valence-electron chi connectivity index (χ4n) is 3.80. The maximum atomic E-state index is 13.2. The SMILES string of the molecule is CCOC(=O)Cn1c(=NC(=O)c2ccc(S(=O)(=O)N(CCOC)CCOC)cc2)sc2cc(C(=O)OCC)ccc21. The van der Waals surface area contributed by atoms with Gasteiger partial charge in [0.2, 0.25) is 10.0 Å². The number of carbonyl (C=O) groups is 3. The van der Waals surface area contributed by atoms with Gasteiger partial charge >= 0.3 is 11.9 Å². The molecule has 0 N–H and O–H groups in total. The number of ether oxygens (including phenoxy) is 4. The third kappa shape index (κ3) is 8.07. The Kier molecular flexibility index (Phi) is 11.7. The molecule has 14 heteroatoms. The Balaban J connectivity index is 1.98. The van der Waals surface area contributed by atoms with E-state index in [9.17, 15) is 22.8 Å². The van der Waals surface area contributed by atoms with Gasteiger partial charge < -0.3 is 23.5 Å². The van der Waals surface area contributed by atoms with Gasteiger partial charge in [0.15, 0.2) is 4.80 Å². The van der Waals surface area contributed by atoms with Gasteiger partial charge in [-0.1, -0.05) is 11.3 Å². The van der Waals surface area contributed by atoms with Crippen molar-refractivity contribution in [1.82, 2.24) is 8.87 Å². The van der Waals surface area contributed by atoms with E-state index >= 15 is 0 Å². The summed E-state index contributed by atoms with van der Waals surface area (Å²) in [4.78, 5) is 42.1. The molecule has 0 fully saturated rings. The van der Waals surface area contributed by atoms with Crippen LogP contribution in [0.25, 0.3) is 10.2 Å². The second-order valence-corrected chi connectivity index (χ2v) is 11.5. The largest absolute Gasteiger partial charge is 0.465 e. The first kappa shape index (κ1) is 32.1. The summed E-state index contributed by atoms with van der Waals surface area (Å²) < 4.78 is 49.9. The van der Waals surface area contributed by atoms with Gasteiger partial charge in [-0.3, -0.25) is 9.59 Å². The molecule has 0 aliphatic carbocycles. The Hall–Kier alpha value is -3.43. The van der Waals surface area contributed by atoms with Gasteiger partial charge in [0.25, 0.3) is 5.91 Å². The van der Waals surface area contributed by atoms with Gasteiger partial charge in [0, 0.05) is 32.9 Å². The summed E-state index contributed by atoms with van der Waals surface area (Å²) in [6.45, 7) is 4.30. The Morgan fingerprint density at radius 1 is 0.902 bits per heavy atom. The normalized spacial score (nSPS) is 12.2. The molecule has 12 nitrogen and oxygen atoms in total. The van der Waals surface area contributed by atoms with Crippen LogP contribution in [0.3, 0.4) is 0 Å². The van der Waals surface area contributed by atoms with Crippen molar-refractivity contribution in [1.29, 1.82) is 0 Å². The molecule has 222 valence electrons. The smallest absolute Gasteiger partial charge is 0.338 e. The molecular formula is C27H33N3O9S2. The fourth-order valence-corrected chi connectivity index (χ4v) is 6.27. The van der Waals surface area contributed by atoms with Crippen LogP contribution in [0.2, 0.25) is 0 Å². The van der Waals surface area contributed by atoms with Crippen LogP contribution in [0, 0.1) is 0 Å². The Morgan fingerprint density at radius 3 is 2.10 bits per heavy atom. The van der Waals surface area contributed by atoms with Crippen LogP contribution in [-0.4, -0.2) is 88.9 Å². The van der Waals surface area contributed by atoms with E-state index in [4.69, 9.17) is 18.9 Å². The van der Waals surface area contributed by atoms with Gasteiger partial charge in [0.05, 0.1) is 47.1 Å². The van der Waals surface area contributed by atoms with Gasteiger partial charge in [0.1, 0.15) is 6.54 Å². The number of rotatable bonds is 14. The minimum atomic E-state index is -3.87. The summed E-state index contributed by atoms with van der Waals surface area (Å²) in [5.41, 5.74) is 1.05. The lowest BCUT2D eigenvalue weighted by Gasteiger charge is -2.21. The van der Waals surface area contributed by atoms with Crippen molar-refractivity contribution in [2.45, 2.75) is 25.3 Å². The number of fused-ring (bicyclic) bond motifs is 1. The topological polar surface area (TPSA) is 143 Å². The van der Waals surface area contributed by atoms with E-state index < -0.39 is 27.9 Å². The average Bonchev–Trinajstić information content (AvgIpc) is 3.28. The van der Waals surface area contributed by atoms with Crippen LogP contribution in [0.1, 0.15) is 34.6 Å². The summed E-state index contributed by atoms with van der Waals surface area (Å²) in [6, 6.07) is 10.3. The maximum Gasteiger partial charge on any atom is 0.338 e. The number of esters is 2. The van der Waals surface area contributed by atoms with Crippen LogP contribution < -0.4 is 4.80 Å². The molecule has 41 heavy (non-hydrogen) atoms. The fraction of sp³-hybridized carbons (Fsp3) is 0.407. The van der Waals surface area contributed by atoms with E-state index in [1.165, 1.54) is 47.4 Å².